The molecule has 0 unspecified atom stereocenters. The van der Waals surface area contributed by atoms with Gasteiger partial charge in [0.05, 0.1) is 50.1 Å². The number of rotatable bonds is 18. The number of hydrogen-bond donors (Lipinski definition) is 0. The number of hydrogen-bond acceptors (Lipinski definition) is 18. The van der Waals surface area contributed by atoms with E-state index in [1.807, 2.05) is 125 Å². The van der Waals surface area contributed by atoms with E-state index >= 15 is 0 Å². The van der Waals surface area contributed by atoms with E-state index in [4.69, 9.17) is 42.6 Å². The van der Waals surface area contributed by atoms with Gasteiger partial charge in [-0.1, -0.05) is 296 Å². The first-order valence-corrected chi connectivity index (χ1v) is 34.2. The maximum absolute atomic E-state index is 13.0. The number of carbonyl (C=O) groups is 9. The number of benzene rings is 9. The topological polar surface area (TPSA) is 237 Å². The lowest BCUT2D eigenvalue weighted by molar-refractivity contribution is -0.413. The van der Waals surface area contributed by atoms with E-state index in [0.29, 0.717) is 11.1 Å². The van der Waals surface area contributed by atoms with Gasteiger partial charge < -0.3 is 42.6 Å². The van der Waals surface area contributed by atoms with Crippen molar-refractivity contribution in [3.63, 3.8) is 0 Å². The van der Waals surface area contributed by atoms with Crippen LogP contribution in [0, 0.1) is 0 Å². The van der Waals surface area contributed by atoms with Crippen molar-refractivity contribution in [2.45, 2.75) is 145 Å². The minimum Gasteiger partial charge on any atom is -0.424 e. The molecule has 0 amide bonds. The number of carbonyl (C=O) groups excluding carboxylic acids is 9. The van der Waals surface area contributed by atoms with Gasteiger partial charge in [-0.05, 0) is 109 Å². The molecule has 0 radical (unpaired) electrons. The summed E-state index contributed by atoms with van der Waals surface area (Å²) in [6.45, 7) is 33.8. The smallest absolute Gasteiger partial charge is 0.424 e. The molecule has 0 aromatic heterocycles. The predicted octanol–water partition coefficient (Wildman–Crippen LogP) is 21.4. The monoisotopic (exact) mass is 1410 g/mol. The lowest BCUT2D eigenvalue weighted by Gasteiger charge is -2.29. The van der Waals surface area contributed by atoms with Crippen LogP contribution in [0.3, 0.4) is 0 Å². The van der Waals surface area contributed by atoms with Crippen molar-refractivity contribution in [3.8, 4) is 0 Å². The summed E-state index contributed by atoms with van der Waals surface area (Å²) < 4.78 is 46.3. The molecule has 0 saturated heterocycles. The van der Waals surface area contributed by atoms with Gasteiger partial charge in [0.25, 0.3) is 0 Å². The zero-order valence-electron chi connectivity index (χ0n) is 62.1. The van der Waals surface area contributed by atoms with E-state index in [2.05, 4.69) is 0 Å². The van der Waals surface area contributed by atoms with Gasteiger partial charge in [-0.25, -0.2) is 43.2 Å². The summed E-state index contributed by atoms with van der Waals surface area (Å²) >= 11 is 0. The molecular weight excluding hydrogens is 1310 g/mol. The normalized spacial score (nSPS) is 8.88. The largest absolute Gasteiger partial charge is 0.620 e. The molecule has 0 aliphatic carbocycles. The average Bonchev–Trinajstić information content (AvgIpc) is 0.801. The Bertz CT molecular complexity index is 3200. The predicted molar refractivity (Wildman–Crippen MR) is 407 cm³/mol. The molecule has 18 nitrogen and oxygen atoms in total. The second-order valence-electron chi connectivity index (χ2n) is 16.8. The van der Waals surface area contributed by atoms with Gasteiger partial charge in [0, 0.05) is 0 Å². The molecular formula is C85H106O18. The fourth-order valence-corrected chi connectivity index (χ4v) is 6.82. The van der Waals surface area contributed by atoms with Crippen LogP contribution in [0.1, 0.15) is 225 Å². The maximum Gasteiger partial charge on any atom is 0.620 e. The molecule has 0 fully saturated rings. The quantitative estimate of drug-likeness (QED) is 0.0441. The SMILES string of the molecule is C.CC.CC.CC.CC.CC.CC.CC.CC.CC.O=C(OC(OC(=O)c1ccccc1)(OC(=O)c1ccccc1)OC(=O)c1ccccc1)c1ccccc1.O=C(OC(OC(=O)c1ccccc1)OC(=O)c1ccccc1)c1ccccc1.O=C(OCOC(=O)c1ccccc1)c1ccccc1. The van der Waals surface area contributed by atoms with Crippen molar-refractivity contribution in [2.24, 2.45) is 0 Å². The minimum atomic E-state index is -3.19. The standard InChI is InChI=1S/C29H20O8.C22H16O6.C15H12O4.9C2H6.CH4/c30-25(21-13-5-1-6-14-21)34-29(35-26(31)22-15-7-2-8-16-22,36-27(32)23-17-9-3-10-18-23)37-28(33)24-19-11-4-12-20-24;23-19(16-10-4-1-5-11-16)26-22(27-20(24)17-12-6-2-7-13-17)28-21(25)18-14-8-3-9-15-18;16-14(12-7-3-1-4-8-12)18-11-19-15(17)13-9-5-2-6-10-13;9*1-2;/h1-20H;1-15,22H;1-10H,11H2;9*1-2H3;1H4. The van der Waals surface area contributed by atoms with Gasteiger partial charge in [-0.15, -0.1) is 0 Å². The molecule has 103 heavy (non-hydrogen) atoms. The number of esters is 9. The van der Waals surface area contributed by atoms with Crippen LogP contribution in [0.4, 0.5) is 0 Å². The molecule has 0 aliphatic rings. The van der Waals surface area contributed by atoms with Gasteiger partial charge in [0.2, 0.25) is 6.79 Å². The molecule has 0 spiro atoms. The second-order valence-corrected chi connectivity index (χ2v) is 16.8. The molecule has 0 atom stereocenters. The van der Waals surface area contributed by atoms with E-state index in [1.54, 1.807) is 188 Å². The summed E-state index contributed by atoms with van der Waals surface area (Å²) in [5, 5.41) is 0. The molecule has 0 N–H and O–H groups in total. The zero-order valence-corrected chi connectivity index (χ0v) is 62.1. The first-order chi connectivity index (χ1) is 49.9. The molecule has 0 bridgehead atoms. The van der Waals surface area contributed by atoms with Gasteiger partial charge >= 0.3 is 66.4 Å². The van der Waals surface area contributed by atoms with E-state index < -0.39 is 73.2 Å². The highest BCUT2D eigenvalue weighted by Crippen LogP contribution is 2.26. The van der Waals surface area contributed by atoms with Crippen LogP contribution in [0.2, 0.25) is 0 Å². The molecule has 554 valence electrons. The van der Waals surface area contributed by atoms with Crippen LogP contribution >= 0.6 is 0 Å². The Morgan fingerprint density at radius 3 is 0.485 bits per heavy atom. The van der Waals surface area contributed by atoms with E-state index in [1.165, 1.54) is 84.9 Å². The summed E-state index contributed by atoms with van der Waals surface area (Å²) in [6, 6.07) is 71.9. The average molecular weight is 1420 g/mol. The molecule has 0 saturated carbocycles. The Balaban J connectivity index is -0.000000660. The molecule has 0 heterocycles. The van der Waals surface area contributed by atoms with Crippen molar-refractivity contribution in [3.05, 3.63) is 323 Å². The van der Waals surface area contributed by atoms with Crippen LogP contribution in [-0.2, 0) is 42.6 Å². The Morgan fingerprint density at radius 2 is 0.340 bits per heavy atom. The Labute approximate surface area is 611 Å². The fraction of sp³-hybridized carbons (Fsp3) is 0.259. The van der Waals surface area contributed by atoms with Crippen LogP contribution in [-0.4, -0.2) is 73.2 Å². The van der Waals surface area contributed by atoms with E-state index in [9.17, 15) is 43.2 Å². The minimum absolute atomic E-state index is 0. The van der Waals surface area contributed by atoms with E-state index in [0.717, 1.165) is 0 Å². The third-order valence-electron chi connectivity index (χ3n) is 10.9. The van der Waals surface area contributed by atoms with Crippen molar-refractivity contribution in [2.75, 3.05) is 6.79 Å². The molecule has 9 aromatic rings. The summed E-state index contributed by atoms with van der Waals surface area (Å²) in [7, 11) is 0. The summed E-state index contributed by atoms with van der Waals surface area (Å²) in [5.41, 5.74) is 1.58. The molecule has 9 rings (SSSR count). The van der Waals surface area contributed by atoms with Crippen molar-refractivity contribution in [1.82, 2.24) is 0 Å². The Morgan fingerprint density at radius 1 is 0.214 bits per heavy atom. The molecule has 0 aliphatic heterocycles. The van der Waals surface area contributed by atoms with Gasteiger partial charge in [-0.3, -0.25) is 0 Å². The molecule has 9 aromatic carbocycles. The van der Waals surface area contributed by atoms with Gasteiger partial charge in [0.15, 0.2) is 0 Å². The van der Waals surface area contributed by atoms with Gasteiger partial charge in [-0.2, -0.15) is 0 Å². The van der Waals surface area contributed by atoms with Crippen LogP contribution in [0.25, 0.3) is 0 Å². The Hall–Kier alpha value is -11.8. The van der Waals surface area contributed by atoms with E-state index in [-0.39, 0.29) is 46.4 Å². The van der Waals surface area contributed by atoms with Crippen LogP contribution < -0.4 is 0 Å². The van der Waals surface area contributed by atoms with Gasteiger partial charge in [0.1, 0.15) is 0 Å². The third kappa shape index (κ3) is 39.0. The lowest BCUT2D eigenvalue weighted by Crippen LogP contribution is -2.48. The van der Waals surface area contributed by atoms with Crippen molar-refractivity contribution < 1.29 is 85.8 Å². The maximum atomic E-state index is 13.0. The summed E-state index contributed by atoms with van der Waals surface area (Å²) in [4.78, 5) is 112. The highest BCUT2D eigenvalue weighted by Gasteiger charge is 2.51. The van der Waals surface area contributed by atoms with Crippen molar-refractivity contribution >= 4 is 53.7 Å². The first kappa shape index (κ1) is 97.6. The van der Waals surface area contributed by atoms with Crippen LogP contribution in [0.5, 0.6) is 0 Å². The highest BCUT2D eigenvalue weighted by molar-refractivity contribution is 5.95. The second kappa shape index (κ2) is 63.6. The van der Waals surface area contributed by atoms with Crippen LogP contribution in [0.15, 0.2) is 273 Å². The summed E-state index contributed by atoms with van der Waals surface area (Å²) in [5.74, 6) is -7.77. The molecule has 18 heteroatoms. The highest BCUT2D eigenvalue weighted by atomic mass is 17.0. The Kier molecular flexibility index (Phi) is 60.3. The number of ether oxygens (including phenoxy) is 9. The summed E-state index contributed by atoms with van der Waals surface area (Å²) in [6.07, 6.45) is -3.19. The lowest BCUT2D eigenvalue weighted by atomic mass is 10.2. The third-order valence-corrected chi connectivity index (χ3v) is 10.9. The van der Waals surface area contributed by atoms with Crippen molar-refractivity contribution in [1.29, 1.82) is 0 Å². The first-order valence-electron chi connectivity index (χ1n) is 34.2. The zero-order chi connectivity index (χ0) is 77.4. The fourth-order valence-electron chi connectivity index (χ4n) is 6.82.